The second-order valence-electron chi connectivity index (χ2n) is 8.59. The maximum atomic E-state index is 9.40. The fourth-order valence-corrected chi connectivity index (χ4v) is 5.18. The molecule has 0 aliphatic carbocycles. The number of benzene rings is 3. The maximum Gasteiger partial charge on any atom is 0.270 e. The van der Waals surface area contributed by atoms with Crippen LogP contribution in [-0.4, -0.2) is 19.1 Å². The third-order valence-corrected chi connectivity index (χ3v) is 6.68. The van der Waals surface area contributed by atoms with E-state index in [1.165, 1.54) is 0 Å². The van der Waals surface area contributed by atoms with Gasteiger partial charge in [0.2, 0.25) is 0 Å². The summed E-state index contributed by atoms with van der Waals surface area (Å²) < 4.78 is 4.38. The average molecular weight is 461 g/mol. The predicted molar refractivity (Wildman–Crippen MR) is 142 cm³/mol. The van der Waals surface area contributed by atoms with E-state index >= 15 is 0 Å². The minimum Gasteiger partial charge on any atom is -0.361 e. The first-order valence-corrected chi connectivity index (χ1v) is 11.4. The third-order valence-electron chi connectivity index (χ3n) is 6.68. The molecule has 0 saturated heterocycles. The summed E-state index contributed by atoms with van der Waals surface area (Å²) in [7, 11) is 0. The molecule has 0 spiro atoms. The van der Waals surface area contributed by atoms with Crippen molar-refractivity contribution in [3.05, 3.63) is 114 Å². The van der Waals surface area contributed by atoms with Gasteiger partial charge >= 0.3 is 0 Å². The van der Waals surface area contributed by atoms with Crippen LogP contribution in [0, 0.1) is 17.9 Å². The zero-order valence-corrected chi connectivity index (χ0v) is 18.9. The summed E-state index contributed by atoms with van der Waals surface area (Å²) >= 11 is 0. The van der Waals surface area contributed by atoms with Gasteiger partial charge in [-0.15, -0.1) is 4.98 Å². The van der Waals surface area contributed by atoms with Gasteiger partial charge in [-0.2, -0.15) is 5.26 Å². The lowest BCUT2D eigenvalue weighted by Crippen LogP contribution is -1.99. The molecule has 0 unspecified atom stereocenters. The van der Waals surface area contributed by atoms with Gasteiger partial charge < -0.3 is 14.0 Å². The molecular weight excluding hydrogens is 444 g/mol. The Morgan fingerprint density at radius 1 is 0.639 bits per heavy atom. The number of hydrogen-bond donors (Lipinski definition) is 0. The van der Waals surface area contributed by atoms with Crippen molar-refractivity contribution in [3.8, 4) is 17.4 Å². The van der Waals surface area contributed by atoms with Crippen LogP contribution >= 0.6 is 0 Å². The minimum absolute atomic E-state index is 0.383. The molecule has 0 bridgehead atoms. The molecule has 7 rings (SSSR count). The van der Waals surface area contributed by atoms with Crippen LogP contribution in [0.25, 0.3) is 59.8 Å². The van der Waals surface area contributed by atoms with Crippen molar-refractivity contribution in [1.29, 1.82) is 5.26 Å². The molecule has 4 heterocycles. The minimum atomic E-state index is 0.383. The van der Waals surface area contributed by atoms with Gasteiger partial charge in [0.1, 0.15) is 18.0 Å². The van der Waals surface area contributed by atoms with Crippen molar-refractivity contribution in [3.63, 3.8) is 0 Å². The highest BCUT2D eigenvalue weighted by atomic mass is 15.0. The standard InChI is InChI=1S/C30H16N6/c1-32-30-15-25-23-10-3-5-12-27(23)36(29(25)18-34-30)21-8-6-7-20(14-21)35-26-11-4-2-9-22(26)24-13-19(16-31)33-17-28(24)35/h2-15,17-18H. The Hall–Kier alpha value is -5.46. The zero-order valence-electron chi connectivity index (χ0n) is 18.9. The largest absolute Gasteiger partial charge is 0.361 e. The summed E-state index contributed by atoms with van der Waals surface area (Å²) in [6.07, 6.45) is 3.56. The smallest absolute Gasteiger partial charge is 0.270 e. The molecule has 0 aliphatic rings. The zero-order chi connectivity index (χ0) is 24.2. The van der Waals surface area contributed by atoms with E-state index in [1.54, 1.807) is 12.4 Å². The lowest BCUT2D eigenvalue weighted by molar-refractivity contribution is 1.12. The summed E-state index contributed by atoms with van der Waals surface area (Å²) in [6.45, 7) is 7.39. The Morgan fingerprint density at radius 3 is 1.83 bits per heavy atom. The first-order valence-electron chi connectivity index (χ1n) is 11.4. The first kappa shape index (κ1) is 20.0. The predicted octanol–water partition coefficient (Wildman–Crippen LogP) is 7.09. The van der Waals surface area contributed by atoms with Crippen LogP contribution < -0.4 is 0 Å². The highest BCUT2D eigenvalue weighted by Gasteiger charge is 2.17. The quantitative estimate of drug-likeness (QED) is 0.259. The Bertz CT molecular complexity index is 1930. The molecule has 0 radical (unpaired) electrons. The van der Waals surface area contributed by atoms with E-state index in [0.29, 0.717) is 11.5 Å². The van der Waals surface area contributed by atoms with Gasteiger partial charge in [0.05, 0.1) is 28.3 Å². The highest BCUT2D eigenvalue weighted by Crippen LogP contribution is 2.35. The molecule has 36 heavy (non-hydrogen) atoms. The van der Waals surface area contributed by atoms with E-state index < -0.39 is 0 Å². The second-order valence-corrected chi connectivity index (χ2v) is 8.59. The molecule has 6 nitrogen and oxygen atoms in total. The molecule has 0 N–H and O–H groups in total. The molecule has 0 aliphatic heterocycles. The van der Waals surface area contributed by atoms with Gasteiger partial charge in [0.15, 0.2) is 0 Å². The van der Waals surface area contributed by atoms with Gasteiger partial charge in [-0.25, -0.2) is 4.98 Å². The topological polar surface area (TPSA) is 63.8 Å². The number of pyridine rings is 2. The van der Waals surface area contributed by atoms with Crippen molar-refractivity contribution in [1.82, 2.24) is 19.1 Å². The van der Waals surface area contributed by atoms with Crippen molar-refractivity contribution in [2.75, 3.05) is 0 Å². The van der Waals surface area contributed by atoms with Gasteiger partial charge in [-0.1, -0.05) is 49.0 Å². The molecule has 7 aromatic rings. The molecule has 0 fully saturated rings. The Kier molecular flexibility index (Phi) is 4.17. The summed E-state index contributed by atoms with van der Waals surface area (Å²) in [5.41, 5.74) is 6.37. The van der Waals surface area contributed by atoms with Crippen molar-refractivity contribution in [2.45, 2.75) is 0 Å². The van der Waals surface area contributed by atoms with Crippen LogP contribution in [0.1, 0.15) is 5.69 Å². The lowest BCUT2D eigenvalue weighted by atomic mass is 10.2. The summed E-state index contributed by atoms with van der Waals surface area (Å²) in [5, 5.41) is 13.5. The Morgan fingerprint density at radius 2 is 1.22 bits per heavy atom. The third kappa shape index (κ3) is 2.76. The number of para-hydroxylation sites is 2. The van der Waals surface area contributed by atoms with Crippen molar-refractivity contribution < 1.29 is 0 Å². The van der Waals surface area contributed by atoms with Gasteiger partial charge in [-0.05, 0) is 42.5 Å². The van der Waals surface area contributed by atoms with Crippen LogP contribution in [0.15, 0.2) is 97.3 Å². The normalized spacial score (nSPS) is 11.3. The molecule has 0 amide bonds. The number of nitrogens with zero attached hydrogens (tertiary/aromatic N) is 6. The maximum absolute atomic E-state index is 9.40. The first-order chi connectivity index (χ1) is 17.8. The van der Waals surface area contributed by atoms with Crippen LogP contribution in [0.5, 0.6) is 0 Å². The van der Waals surface area contributed by atoms with Crippen molar-refractivity contribution >= 4 is 49.4 Å². The number of nitriles is 1. The average Bonchev–Trinajstić information content (AvgIpc) is 3.45. The van der Waals surface area contributed by atoms with E-state index in [0.717, 1.165) is 55.0 Å². The summed E-state index contributed by atoms with van der Waals surface area (Å²) in [6, 6.07) is 30.6. The highest BCUT2D eigenvalue weighted by molar-refractivity contribution is 6.10. The van der Waals surface area contributed by atoms with E-state index in [9.17, 15) is 5.26 Å². The van der Waals surface area contributed by atoms with Gasteiger partial charge in [0, 0.05) is 32.9 Å². The Balaban J connectivity index is 1.53. The molecule has 0 saturated carbocycles. The van der Waals surface area contributed by atoms with Gasteiger partial charge in [-0.3, -0.25) is 0 Å². The molecule has 6 heteroatoms. The molecule has 4 aromatic heterocycles. The summed E-state index contributed by atoms with van der Waals surface area (Å²) in [4.78, 5) is 12.2. The summed E-state index contributed by atoms with van der Waals surface area (Å²) in [5.74, 6) is 0.383. The number of fused-ring (bicyclic) bond motifs is 6. The van der Waals surface area contributed by atoms with Crippen molar-refractivity contribution in [2.24, 2.45) is 0 Å². The van der Waals surface area contributed by atoms with E-state index in [1.807, 2.05) is 42.5 Å². The Labute approximate surface area is 205 Å². The molecule has 0 atom stereocenters. The lowest BCUT2D eigenvalue weighted by Gasteiger charge is -2.12. The van der Waals surface area contributed by atoms with E-state index in [2.05, 4.69) is 72.5 Å². The SMILES string of the molecule is [C-]#[N+]c1cc2c3ccccc3n(-c3cccc(-n4c5ccccc5c5cc(C#N)ncc54)c3)c2cn1. The van der Waals surface area contributed by atoms with E-state index in [4.69, 9.17) is 6.57 Å². The number of rotatable bonds is 2. The molecule has 166 valence electrons. The number of aromatic nitrogens is 4. The fraction of sp³-hybridized carbons (Fsp3) is 0. The van der Waals surface area contributed by atoms with Gasteiger partial charge in [0.25, 0.3) is 5.82 Å². The van der Waals surface area contributed by atoms with Crippen LogP contribution in [0.4, 0.5) is 5.82 Å². The molecule has 3 aromatic carbocycles. The van der Waals surface area contributed by atoms with Crippen LogP contribution in [-0.2, 0) is 0 Å². The van der Waals surface area contributed by atoms with Crippen LogP contribution in [0.2, 0.25) is 0 Å². The van der Waals surface area contributed by atoms with E-state index in [-0.39, 0.29) is 0 Å². The monoisotopic (exact) mass is 460 g/mol. The number of hydrogen-bond acceptors (Lipinski definition) is 3. The van der Waals surface area contributed by atoms with Crippen LogP contribution in [0.3, 0.4) is 0 Å². The fourth-order valence-electron chi connectivity index (χ4n) is 5.18. The second kappa shape index (κ2) is 7.53. The molecular formula is C30H16N6.